The number of rotatable bonds is 4. The fourth-order valence-corrected chi connectivity index (χ4v) is 2.47. The number of halogens is 1. The van der Waals surface area contributed by atoms with Crippen LogP contribution < -0.4 is 0 Å². The van der Waals surface area contributed by atoms with Gasteiger partial charge in [-0.3, -0.25) is 4.79 Å². The first-order valence-corrected chi connectivity index (χ1v) is 6.87. The van der Waals surface area contributed by atoms with Crippen molar-refractivity contribution in [2.75, 3.05) is 7.11 Å². The lowest BCUT2D eigenvalue weighted by molar-refractivity contribution is -0.142. The van der Waals surface area contributed by atoms with Crippen molar-refractivity contribution in [3.8, 4) is 0 Å². The van der Waals surface area contributed by atoms with Gasteiger partial charge in [-0.25, -0.2) is 0 Å². The highest BCUT2D eigenvalue weighted by Crippen LogP contribution is 2.25. The molecule has 98 valence electrons. The lowest BCUT2D eigenvalue weighted by Crippen LogP contribution is -2.16. The van der Waals surface area contributed by atoms with Gasteiger partial charge in [0.25, 0.3) is 0 Å². The number of carbonyl (C=O) groups excluding carboxylic acids is 1. The van der Waals surface area contributed by atoms with Crippen molar-refractivity contribution >= 4 is 21.9 Å². The number of esters is 1. The number of ether oxygens (including phenoxy) is 1. The van der Waals surface area contributed by atoms with Gasteiger partial charge < -0.3 is 4.74 Å². The monoisotopic (exact) mass is 318 g/mol. The first-order valence-electron chi connectivity index (χ1n) is 6.08. The van der Waals surface area contributed by atoms with Crippen molar-refractivity contribution in [1.82, 2.24) is 0 Å². The molecule has 2 aromatic rings. The largest absolute Gasteiger partial charge is 0.469 e. The van der Waals surface area contributed by atoms with Crippen molar-refractivity contribution in [2.45, 2.75) is 12.3 Å². The van der Waals surface area contributed by atoms with Crippen molar-refractivity contribution in [3.63, 3.8) is 0 Å². The molecule has 1 atom stereocenters. The van der Waals surface area contributed by atoms with Gasteiger partial charge >= 0.3 is 5.97 Å². The molecule has 2 nitrogen and oxygen atoms in total. The minimum atomic E-state index is -0.273. The highest BCUT2D eigenvalue weighted by molar-refractivity contribution is 9.10. The lowest BCUT2D eigenvalue weighted by atomic mass is 9.92. The molecule has 3 heteroatoms. The summed E-state index contributed by atoms with van der Waals surface area (Å²) in [5, 5.41) is 0. The van der Waals surface area contributed by atoms with Gasteiger partial charge in [-0.15, -0.1) is 0 Å². The van der Waals surface area contributed by atoms with Gasteiger partial charge in [-0.1, -0.05) is 58.4 Å². The number of carbonyl (C=O) groups is 1. The molecule has 0 amide bonds. The molecule has 0 radical (unpaired) electrons. The van der Waals surface area contributed by atoms with Crippen LogP contribution >= 0.6 is 15.9 Å². The standard InChI is InChI=1S/C16H15BrO2/c1-19-16(18)15(10-12-6-3-2-4-7-12)13-8-5-9-14(17)11-13/h2-9,11,15H,10H2,1H3/t15-/m0/s1. The number of hydrogen-bond acceptors (Lipinski definition) is 2. The van der Waals surface area contributed by atoms with E-state index < -0.39 is 0 Å². The van der Waals surface area contributed by atoms with Gasteiger partial charge in [-0.05, 0) is 29.7 Å². The first kappa shape index (κ1) is 13.8. The summed E-state index contributed by atoms with van der Waals surface area (Å²) in [6.07, 6.45) is 0.643. The summed E-state index contributed by atoms with van der Waals surface area (Å²) in [4.78, 5) is 12.0. The third-order valence-electron chi connectivity index (χ3n) is 3.02. The number of hydrogen-bond donors (Lipinski definition) is 0. The maximum absolute atomic E-state index is 12.0. The maximum Gasteiger partial charge on any atom is 0.313 e. The molecule has 0 fully saturated rings. The Morgan fingerprint density at radius 2 is 1.89 bits per heavy atom. The first-order chi connectivity index (χ1) is 9.20. The summed E-state index contributed by atoms with van der Waals surface area (Å²) >= 11 is 3.43. The van der Waals surface area contributed by atoms with Crippen LogP contribution in [0.25, 0.3) is 0 Å². The summed E-state index contributed by atoms with van der Waals surface area (Å²) in [5.41, 5.74) is 2.09. The van der Waals surface area contributed by atoms with E-state index in [4.69, 9.17) is 4.74 Å². The smallest absolute Gasteiger partial charge is 0.313 e. The van der Waals surface area contributed by atoms with E-state index in [2.05, 4.69) is 15.9 Å². The van der Waals surface area contributed by atoms with Crippen LogP contribution in [0, 0.1) is 0 Å². The topological polar surface area (TPSA) is 26.3 Å². The Balaban J connectivity index is 2.29. The average Bonchev–Trinajstić information content (AvgIpc) is 2.45. The molecule has 0 saturated carbocycles. The zero-order valence-corrected chi connectivity index (χ0v) is 12.3. The van der Waals surface area contributed by atoms with Crippen molar-refractivity contribution in [3.05, 3.63) is 70.2 Å². The summed E-state index contributed by atoms with van der Waals surface area (Å²) < 4.78 is 5.89. The molecule has 0 spiro atoms. The summed E-state index contributed by atoms with van der Waals surface area (Å²) in [5.74, 6) is -0.480. The van der Waals surface area contributed by atoms with Crippen LogP contribution in [0.1, 0.15) is 17.0 Å². The molecule has 0 heterocycles. The molecular weight excluding hydrogens is 304 g/mol. The quantitative estimate of drug-likeness (QED) is 0.798. The Hall–Kier alpha value is -1.61. The second-order valence-electron chi connectivity index (χ2n) is 4.32. The molecule has 0 N–H and O–H groups in total. The van der Waals surface area contributed by atoms with E-state index in [1.54, 1.807) is 0 Å². The molecule has 0 aliphatic carbocycles. The zero-order chi connectivity index (χ0) is 13.7. The van der Waals surface area contributed by atoms with Crippen molar-refractivity contribution in [2.24, 2.45) is 0 Å². The third-order valence-corrected chi connectivity index (χ3v) is 3.51. The van der Waals surface area contributed by atoms with Crippen LogP contribution in [0.2, 0.25) is 0 Å². The van der Waals surface area contributed by atoms with Gasteiger partial charge in [0, 0.05) is 4.47 Å². The van der Waals surface area contributed by atoms with Gasteiger partial charge in [0.1, 0.15) is 0 Å². The molecule has 19 heavy (non-hydrogen) atoms. The predicted octanol–water partition coefficient (Wildman–Crippen LogP) is 3.95. The molecule has 0 bridgehead atoms. The van der Waals surface area contributed by atoms with Gasteiger partial charge in [0.2, 0.25) is 0 Å². The van der Waals surface area contributed by atoms with E-state index in [1.165, 1.54) is 7.11 Å². The third kappa shape index (κ3) is 3.67. The Bertz CT molecular complexity index is 552. The maximum atomic E-state index is 12.0. The Morgan fingerprint density at radius 3 is 2.53 bits per heavy atom. The number of benzene rings is 2. The van der Waals surface area contributed by atoms with Gasteiger partial charge in [0.15, 0.2) is 0 Å². The minimum absolute atomic E-state index is 0.207. The fourth-order valence-electron chi connectivity index (χ4n) is 2.05. The molecule has 0 saturated heterocycles. The normalized spacial score (nSPS) is 11.9. The minimum Gasteiger partial charge on any atom is -0.469 e. The Kier molecular flexibility index (Phi) is 4.74. The Morgan fingerprint density at radius 1 is 1.16 bits per heavy atom. The van der Waals surface area contributed by atoms with E-state index >= 15 is 0 Å². The van der Waals surface area contributed by atoms with Gasteiger partial charge in [0.05, 0.1) is 13.0 Å². The molecule has 2 aromatic carbocycles. The van der Waals surface area contributed by atoms with Crippen LogP contribution in [0.3, 0.4) is 0 Å². The zero-order valence-electron chi connectivity index (χ0n) is 10.7. The van der Waals surface area contributed by atoms with E-state index in [-0.39, 0.29) is 11.9 Å². The van der Waals surface area contributed by atoms with Gasteiger partial charge in [-0.2, -0.15) is 0 Å². The predicted molar refractivity (Wildman–Crippen MR) is 79.0 cm³/mol. The molecule has 2 rings (SSSR count). The Labute approximate surface area is 121 Å². The SMILES string of the molecule is COC(=O)[C@@H](Cc1ccccc1)c1cccc(Br)c1. The van der Waals surface area contributed by atoms with E-state index in [9.17, 15) is 4.79 Å². The summed E-state index contributed by atoms with van der Waals surface area (Å²) in [6.45, 7) is 0. The van der Waals surface area contributed by atoms with Crippen LogP contribution in [-0.4, -0.2) is 13.1 Å². The highest BCUT2D eigenvalue weighted by Gasteiger charge is 2.21. The molecule has 0 aliphatic heterocycles. The second-order valence-corrected chi connectivity index (χ2v) is 5.24. The molecule has 0 unspecified atom stereocenters. The molecular formula is C16H15BrO2. The van der Waals surface area contributed by atoms with Crippen LogP contribution in [0.5, 0.6) is 0 Å². The lowest BCUT2D eigenvalue weighted by Gasteiger charge is -2.15. The van der Waals surface area contributed by atoms with Crippen LogP contribution in [0.4, 0.5) is 0 Å². The summed E-state index contributed by atoms with van der Waals surface area (Å²) in [6, 6.07) is 17.8. The number of methoxy groups -OCH3 is 1. The highest BCUT2D eigenvalue weighted by atomic mass is 79.9. The van der Waals surface area contributed by atoms with E-state index in [1.807, 2.05) is 54.6 Å². The van der Waals surface area contributed by atoms with Crippen LogP contribution in [0.15, 0.2) is 59.1 Å². The second kappa shape index (κ2) is 6.53. The average molecular weight is 319 g/mol. The van der Waals surface area contributed by atoms with Crippen LogP contribution in [-0.2, 0) is 16.0 Å². The molecule has 0 aliphatic rings. The summed E-state index contributed by atoms with van der Waals surface area (Å²) in [7, 11) is 1.43. The van der Waals surface area contributed by atoms with E-state index in [0.29, 0.717) is 6.42 Å². The van der Waals surface area contributed by atoms with Crippen molar-refractivity contribution < 1.29 is 9.53 Å². The molecule has 0 aromatic heterocycles. The van der Waals surface area contributed by atoms with Crippen molar-refractivity contribution in [1.29, 1.82) is 0 Å². The fraction of sp³-hybridized carbons (Fsp3) is 0.188. The van der Waals surface area contributed by atoms with E-state index in [0.717, 1.165) is 15.6 Å².